The normalized spacial score (nSPS) is 15.5. The first-order valence-corrected chi connectivity index (χ1v) is 8.59. The number of aromatic nitrogens is 3. The maximum absolute atomic E-state index is 12.8. The zero-order valence-electron chi connectivity index (χ0n) is 14.2. The molecule has 1 aromatic carbocycles. The van der Waals surface area contributed by atoms with Crippen molar-refractivity contribution in [2.45, 2.75) is 18.9 Å². The summed E-state index contributed by atoms with van der Waals surface area (Å²) in [5.41, 5.74) is 1.75. The summed E-state index contributed by atoms with van der Waals surface area (Å²) in [6, 6.07) is 12.1. The van der Waals surface area contributed by atoms with Gasteiger partial charge in [0.15, 0.2) is 5.82 Å². The summed E-state index contributed by atoms with van der Waals surface area (Å²) in [5.74, 6) is 0.988. The van der Waals surface area contributed by atoms with E-state index in [2.05, 4.69) is 20.1 Å². The zero-order valence-corrected chi connectivity index (χ0v) is 14.2. The van der Waals surface area contributed by atoms with Gasteiger partial charge in [-0.1, -0.05) is 6.07 Å². The fraction of sp³-hybridized carbons (Fsp3) is 0.316. The molecule has 0 atom stereocenters. The van der Waals surface area contributed by atoms with Gasteiger partial charge in [-0.25, -0.2) is 0 Å². The Hall–Kier alpha value is -2.89. The Morgan fingerprint density at radius 2 is 2.08 bits per heavy atom. The van der Waals surface area contributed by atoms with Crippen LogP contribution in [0.25, 0.3) is 10.9 Å². The van der Waals surface area contributed by atoms with E-state index in [1.165, 1.54) is 0 Å². The highest BCUT2D eigenvalue weighted by molar-refractivity contribution is 5.98. The van der Waals surface area contributed by atoms with E-state index in [1.807, 2.05) is 54.5 Å². The molecule has 25 heavy (non-hydrogen) atoms. The van der Waals surface area contributed by atoms with Crippen LogP contribution in [0.15, 0.2) is 48.8 Å². The van der Waals surface area contributed by atoms with E-state index in [1.54, 1.807) is 6.20 Å². The summed E-state index contributed by atoms with van der Waals surface area (Å²) in [5, 5.41) is 9.24. The molecular formula is C19H21N5O. The molecule has 0 spiro atoms. The van der Waals surface area contributed by atoms with Gasteiger partial charge in [0.05, 0.1) is 0 Å². The van der Waals surface area contributed by atoms with Crippen molar-refractivity contribution in [3.63, 3.8) is 0 Å². The molecule has 1 aliphatic heterocycles. The number of carbonyl (C=O) groups is 1. The van der Waals surface area contributed by atoms with Gasteiger partial charge in [0.1, 0.15) is 0 Å². The molecule has 128 valence electrons. The monoisotopic (exact) mass is 335 g/mol. The van der Waals surface area contributed by atoms with E-state index < -0.39 is 0 Å². The van der Waals surface area contributed by atoms with Crippen LogP contribution in [0.1, 0.15) is 23.2 Å². The number of nitrogens with one attached hydrogen (secondary N) is 1. The molecule has 0 saturated carbocycles. The van der Waals surface area contributed by atoms with Crippen molar-refractivity contribution in [3.05, 3.63) is 54.4 Å². The molecule has 1 N–H and O–H groups in total. The van der Waals surface area contributed by atoms with E-state index in [4.69, 9.17) is 0 Å². The van der Waals surface area contributed by atoms with E-state index in [0.29, 0.717) is 6.04 Å². The molecule has 0 bridgehead atoms. The molecule has 3 aromatic rings. The highest BCUT2D eigenvalue weighted by Crippen LogP contribution is 2.22. The minimum atomic E-state index is 0.108. The lowest BCUT2D eigenvalue weighted by molar-refractivity contribution is 0.0713. The number of hydrogen-bond donors (Lipinski definition) is 1. The zero-order chi connectivity index (χ0) is 17.2. The Balaban J connectivity index is 1.42. The summed E-state index contributed by atoms with van der Waals surface area (Å²) in [7, 11) is 2.05. The molecule has 1 aliphatic rings. The summed E-state index contributed by atoms with van der Waals surface area (Å²) >= 11 is 0. The number of rotatable bonds is 3. The van der Waals surface area contributed by atoms with Crippen molar-refractivity contribution in [2.24, 2.45) is 0 Å². The van der Waals surface area contributed by atoms with Crippen LogP contribution in [0.2, 0.25) is 0 Å². The number of anilines is 1. The summed E-state index contributed by atoms with van der Waals surface area (Å²) in [6.45, 7) is 1.52. The minimum absolute atomic E-state index is 0.108. The minimum Gasteiger partial charge on any atom is -0.361 e. The Morgan fingerprint density at radius 1 is 1.24 bits per heavy atom. The van der Waals surface area contributed by atoms with Crippen LogP contribution >= 0.6 is 0 Å². The Kier molecular flexibility index (Phi) is 4.09. The van der Waals surface area contributed by atoms with Gasteiger partial charge in [0.2, 0.25) is 0 Å². The SMILES string of the molecule is CN(c1cccnn1)C1CCN(C(=O)c2ccc3cc[nH]c3c2)CC1. The molecule has 1 amide bonds. The van der Waals surface area contributed by atoms with Gasteiger partial charge in [0.25, 0.3) is 5.91 Å². The maximum atomic E-state index is 12.8. The predicted octanol–water partition coefficient (Wildman–Crippen LogP) is 2.70. The number of H-pyrrole nitrogens is 1. The van der Waals surface area contributed by atoms with Gasteiger partial charge in [-0.2, -0.15) is 5.10 Å². The number of piperidine rings is 1. The van der Waals surface area contributed by atoms with E-state index in [9.17, 15) is 4.79 Å². The van der Waals surface area contributed by atoms with Crippen LogP contribution in [0.4, 0.5) is 5.82 Å². The van der Waals surface area contributed by atoms with E-state index in [0.717, 1.165) is 48.2 Å². The molecule has 0 radical (unpaired) electrons. The van der Waals surface area contributed by atoms with Crippen molar-refractivity contribution in [2.75, 3.05) is 25.0 Å². The van der Waals surface area contributed by atoms with Crippen LogP contribution < -0.4 is 4.90 Å². The Bertz CT molecular complexity index is 868. The Labute approximate surface area is 146 Å². The molecule has 4 rings (SSSR count). The average molecular weight is 335 g/mol. The van der Waals surface area contributed by atoms with Crippen molar-refractivity contribution in [3.8, 4) is 0 Å². The molecule has 6 nitrogen and oxygen atoms in total. The number of hydrogen-bond acceptors (Lipinski definition) is 4. The molecule has 1 fully saturated rings. The second kappa shape index (κ2) is 6.55. The van der Waals surface area contributed by atoms with E-state index >= 15 is 0 Å². The Morgan fingerprint density at radius 3 is 2.84 bits per heavy atom. The first-order chi connectivity index (χ1) is 12.2. The van der Waals surface area contributed by atoms with Gasteiger partial charge in [-0.05, 0) is 48.6 Å². The summed E-state index contributed by atoms with van der Waals surface area (Å²) < 4.78 is 0. The van der Waals surface area contributed by atoms with Crippen molar-refractivity contribution < 1.29 is 4.79 Å². The molecule has 3 heterocycles. The third kappa shape index (κ3) is 3.07. The largest absolute Gasteiger partial charge is 0.361 e. The number of benzene rings is 1. The lowest BCUT2D eigenvalue weighted by atomic mass is 10.0. The molecule has 0 aliphatic carbocycles. The number of aromatic amines is 1. The lowest BCUT2D eigenvalue weighted by Crippen LogP contribution is -2.45. The summed E-state index contributed by atoms with van der Waals surface area (Å²) in [4.78, 5) is 20.1. The third-order valence-electron chi connectivity index (χ3n) is 5.02. The quantitative estimate of drug-likeness (QED) is 0.799. The third-order valence-corrected chi connectivity index (χ3v) is 5.02. The predicted molar refractivity (Wildman–Crippen MR) is 97.7 cm³/mol. The highest BCUT2D eigenvalue weighted by Gasteiger charge is 2.26. The smallest absolute Gasteiger partial charge is 0.253 e. The van der Waals surface area contributed by atoms with Crippen LogP contribution in [-0.2, 0) is 0 Å². The average Bonchev–Trinajstić information content (AvgIpc) is 3.15. The maximum Gasteiger partial charge on any atom is 0.253 e. The van der Waals surface area contributed by atoms with Gasteiger partial charge in [0, 0.05) is 49.7 Å². The summed E-state index contributed by atoms with van der Waals surface area (Å²) in [6.07, 6.45) is 5.44. The van der Waals surface area contributed by atoms with Crippen LogP contribution in [0, 0.1) is 0 Å². The number of fused-ring (bicyclic) bond motifs is 1. The van der Waals surface area contributed by atoms with Crippen molar-refractivity contribution in [1.29, 1.82) is 0 Å². The topological polar surface area (TPSA) is 65.1 Å². The first kappa shape index (κ1) is 15.6. The second-order valence-corrected chi connectivity index (χ2v) is 6.50. The fourth-order valence-corrected chi connectivity index (χ4v) is 3.49. The van der Waals surface area contributed by atoms with Gasteiger partial charge < -0.3 is 14.8 Å². The number of likely N-dealkylation sites (tertiary alicyclic amines) is 1. The second-order valence-electron chi connectivity index (χ2n) is 6.50. The number of amides is 1. The van der Waals surface area contributed by atoms with Crippen LogP contribution in [0.5, 0.6) is 0 Å². The molecule has 0 unspecified atom stereocenters. The lowest BCUT2D eigenvalue weighted by Gasteiger charge is -2.37. The van der Waals surface area contributed by atoms with Crippen molar-refractivity contribution >= 4 is 22.6 Å². The van der Waals surface area contributed by atoms with Crippen LogP contribution in [-0.4, -0.2) is 52.2 Å². The van der Waals surface area contributed by atoms with Gasteiger partial charge >= 0.3 is 0 Å². The van der Waals surface area contributed by atoms with E-state index in [-0.39, 0.29) is 5.91 Å². The number of nitrogens with zero attached hydrogens (tertiary/aromatic N) is 4. The van der Waals surface area contributed by atoms with Crippen molar-refractivity contribution in [1.82, 2.24) is 20.1 Å². The fourth-order valence-electron chi connectivity index (χ4n) is 3.49. The molecule has 6 heteroatoms. The van der Waals surface area contributed by atoms with Gasteiger partial charge in [-0.15, -0.1) is 5.10 Å². The van der Waals surface area contributed by atoms with Crippen LogP contribution in [0.3, 0.4) is 0 Å². The molecular weight excluding hydrogens is 314 g/mol. The standard InChI is InChI=1S/C19H21N5O/c1-23(18-3-2-9-21-22-18)16-7-11-24(12-8-16)19(25)15-5-4-14-6-10-20-17(14)13-15/h2-6,9-10,13,16,20H,7-8,11-12H2,1H3. The highest BCUT2D eigenvalue weighted by atomic mass is 16.2. The number of carbonyl (C=O) groups excluding carboxylic acids is 1. The van der Waals surface area contributed by atoms with Gasteiger partial charge in [-0.3, -0.25) is 4.79 Å². The molecule has 1 saturated heterocycles. The first-order valence-electron chi connectivity index (χ1n) is 8.59. The molecule has 2 aromatic heterocycles.